The molecule has 3 unspecified atom stereocenters. The highest BCUT2D eigenvalue weighted by Crippen LogP contribution is 2.31. The van der Waals surface area contributed by atoms with Gasteiger partial charge in [0.1, 0.15) is 6.07 Å². The van der Waals surface area contributed by atoms with E-state index in [0.717, 1.165) is 6.42 Å². The van der Waals surface area contributed by atoms with Crippen LogP contribution in [0.15, 0.2) is 23.1 Å². The summed E-state index contributed by atoms with van der Waals surface area (Å²) in [5.41, 5.74) is 0.236. The zero-order valence-electron chi connectivity index (χ0n) is 12.5. The van der Waals surface area contributed by atoms with Crippen LogP contribution in [0.3, 0.4) is 0 Å². The van der Waals surface area contributed by atoms with Gasteiger partial charge in [0, 0.05) is 6.54 Å². The summed E-state index contributed by atoms with van der Waals surface area (Å²) in [6.45, 7) is 4.03. The van der Waals surface area contributed by atoms with Gasteiger partial charge in [-0.15, -0.1) is 0 Å². The molecule has 5 nitrogen and oxygen atoms in total. The van der Waals surface area contributed by atoms with Crippen molar-refractivity contribution in [3.8, 4) is 6.07 Å². The Labute approximate surface area is 136 Å². The van der Waals surface area contributed by atoms with Gasteiger partial charge in [0.15, 0.2) is 0 Å². The van der Waals surface area contributed by atoms with Crippen LogP contribution in [0.4, 0.5) is 0 Å². The highest BCUT2D eigenvalue weighted by molar-refractivity contribution is 7.89. The highest BCUT2D eigenvalue weighted by atomic mass is 35.5. The minimum Gasteiger partial charge on any atom is -0.392 e. The Kier molecular flexibility index (Phi) is 5.13. The van der Waals surface area contributed by atoms with Crippen molar-refractivity contribution in [1.82, 2.24) is 4.31 Å². The van der Waals surface area contributed by atoms with E-state index in [1.807, 2.05) is 6.07 Å². The van der Waals surface area contributed by atoms with E-state index >= 15 is 0 Å². The standard InChI is InChI=1S/C15H19ClN2O3S/c1-10-5-6-18(15(7-10)11(2)19)22(20,21)13-4-3-12(9-17)14(16)8-13/h3-4,8,10-11,15,19H,5-7H2,1-2H3. The van der Waals surface area contributed by atoms with Crippen molar-refractivity contribution in [2.75, 3.05) is 6.54 Å². The zero-order chi connectivity index (χ0) is 16.5. The Morgan fingerprint density at radius 2 is 2.18 bits per heavy atom. The van der Waals surface area contributed by atoms with Gasteiger partial charge in [-0.2, -0.15) is 9.57 Å². The topological polar surface area (TPSA) is 81.4 Å². The molecule has 1 N–H and O–H groups in total. The predicted molar refractivity (Wildman–Crippen MR) is 83.9 cm³/mol. The number of sulfonamides is 1. The molecule has 0 bridgehead atoms. The van der Waals surface area contributed by atoms with E-state index in [1.54, 1.807) is 6.92 Å². The first-order valence-electron chi connectivity index (χ1n) is 7.17. The first-order valence-corrected chi connectivity index (χ1v) is 8.98. The molecular weight excluding hydrogens is 324 g/mol. The minimum atomic E-state index is -3.75. The van der Waals surface area contributed by atoms with Crippen molar-refractivity contribution < 1.29 is 13.5 Å². The lowest BCUT2D eigenvalue weighted by molar-refractivity contribution is 0.0676. The van der Waals surface area contributed by atoms with E-state index in [4.69, 9.17) is 16.9 Å². The van der Waals surface area contributed by atoms with Gasteiger partial charge in [0.25, 0.3) is 0 Å². The van der Waals surface area contributed by atoms with Gasteiger partial charge in [0.2, 0.25) is 10.0 Å². The second-order valence-corrected chi connectivity index (χ2v) is 8.10. The van der Waals surface area contributed by atoms with Crippen LogP contribution in [0, 0.1) is 17.2 Å². The van der Waals surface area contributed by atoms with E-state index in [0.29, 0.717) is 18.9 Å². The van der Waals surface area contributed by atoms with Crippen molar-refractivity contribution in [1.29, 1.82) is 5.26 Å². The van der Waals surface area contributed by atoms with Crippen LogP contribution in [0.2, 0.25) is 5.02 Å². The number of aliphatic hydroxyl groups excluding tert-OH is 1. The molecule has 2 rings (SSSR count). The number of nitriles is 1. The maximum absolute atomic E-state index is 12.8. The number of hydrogen-bond donors (Lipinski definition) is 1. The zero-order valence-corrected chi connectivity index (χ0v) is 14.1. The lowest BCUT2D eigenvalue weighted by atomic mass is 9.92. The lowest BCUT2D eigenvalue weighted by Gasteiger charge is -2.39. The fraction of sp³-hybridized carbons (Fsp3) is 0.533. The molecule has 1 saturated heterocycles. The summed E-state index contributed by atoms with van der Waals surface area (Å²) in [5, 5.41) is 18.9. The lowest BCUT2D eigenvalue weighted by Crippen LogP contribution is -2.50. The van der Waals surface area contributed by atoms with Crippen molar-refractivity contribution in [3.05, 3.63) is 28.8 Å². The molecule has 1 fully saturated rings. The van der Waals surface area contributed by atoms with Crippen molar-refractivity contribution in [2.45, 2.75) is 43.7 Å². The third-order valence-electron chi connectivity index (χ3n) is 4.08. The predicted octanol–water partition coefficient (Wildman–Crippen LogP) is 2.38. The van der Waals surface area contributed by atoms with Crippen molar-refractivity contribution in [3.63, 3.8) is 0 Å². The second kappa shape index (κ2) is 6.55. The summed E-state index contributed by atoms with van der Waals surface area (Å²) >= 11 is 5.94. The molecule has 0 aliphatic carbocycles. The first kappa shape index (κ1) is 17.2. The van der Waals surface area contributed by atoms with Gasteiger partial charge in [-0.05, 0) is 43.9 Å². The number of rotatable bonds is 3. The van der Waals surface area contributed by atoms with E-state index in [1.165, 1.54) is 22.5 Å². The molecule has 0 radical (unpaired) electrons. The Balaban J connectivity index is 2.40. The fourth-order valence-electron chi connectivity index (χ4n) is 2.78. The molecule has 1 aliphatic rings. The molecule has 1 aromatic carbocycles. The number of aliphatic hydroxyl groups is 1. The third kappa shape index (κ3) is 3.28. The minimum absolute atomic E-state index is 0.0525. The van der Waals surface area contributed by atoms with Crippen LogP contribution in [0.1, 0.15) is 32.3 Å². The molecule has 0 saturated carbocycles. The van der Waals surface area contributed by atoms with Gasteiger partial charge >= 0.3 is 0 Å². The first-order chi connectivity index (χ1) is 10.3. The van der Waals surface area contributed by atoms with Crippen LogP contribution in [-0.2, 0) is 10.0 Å². The number of piperidine rings is 1. The van der Waals surface area contributed by atoms with E-state index in [9.17, 15) is 13.5 Å². The van der Waals surface area contributed by atoms with E-state index in [-0.39, 0.29) is 15.5 Å². The van der Waals surface area contributed by atoms with Crippen molar-refractivity contribution in [2.24, 2.45) is 5.92 Å². The van der Waals surface area contributed by atoms with Crippen LogP contribution in [0.25, 0.3) is 0 Å². The monoisotopic (exact) mass is 342 g/mol. The van der Waals surface area contributed by atoms with E-state index < -0.39 is 22.2 Å². The normalized spacial score (nSPS) is 24.7. The smallest absolute Gasteiger partial charge is 0.243 e. The van der Waals surface area contributed by atoms with Crippen LogP contribution < -0.4 is 0 Å². The van der Waals surface area contributed by atoms with Gasteiger partial charge in [-0.1, -0.05) is 18.5 Å². The maximum atomic E-state index is 12.8. The second-order valence-electron chi connectivity index (χ2n) is 5.81. The molecule has 3 atom stereocenters. The molecule has 1 heterocycles. The van der Waals surface area contributed by atoms with Crippen LogP contribution >= 0.6 is 11.6 Å². The fourth-order valence-corrected chi connectivity index (χ4v) is 4.81. The molecule has 22 heavy (non-hydrogen) atoms. The average molecular weight is 343 g/mol. The highest BCUT2D eigenvalue weighted by Gasteiger charge is 2.38. The summed E-state index contributed by atoms with van der Waals surface area (Å²) in [7, 11) is -3.75. The van der Waals surface area contributed by atoms with Crippen LogP contribution in [0.5, 0.6) is 0 Å². The Morgan fingerprint density at radius 3 is 2.73 bits per heavy atom. The summed E-state index contributed by atoms with van der Waals surface area (Å²) in [4.78, 5) is 0.0525. The van der Waals surface area contributed by atoms with Crippen LogP contribution in [-0.4, -0.2) is 36.5 Å². The van der Waals surface area contributed by atoms with Gasteiger partial charge < -0.3 is 5.11 Å². The quantitative estimate of drug-likeness (QED) is 0.914. The molecule has 1 aliphatic heterocycles. The number of nitrogens with zero attached hydrogens (tertiary/aromatic N) is 2. The van der Waals surface area contributed by atoms with Gasteiger partial charge in [0.05, 0.1) is 27.6 Å². The SMILES string of the molecule is CC1CCN(S(=O)(=O)c2ccc(C#N)c(Cl)c2)C(C(C)O)C1. The molecule has 1 aromatic rings. The van der Waals surface area contributed by atoms with E-state index in [2.05, 4.69) is 6.92 Å². The number of halogens is 1. The third-order valence-corrected chi connectivity index (χ3v) is 6.31. The summed E-state index contributed by atoms with van der Waals surface area (Å²) < 4.78 is 27.0. The van der Waals surface area contributed by atoms with Gasteiger partial charge in [-0.25, -0.2) is 8.42 Å². The Morgan fingerprint density at radius 1 is 1.50 bits per heavy atom. The number of hydrogen-bond acceptors (Lipinski definition) is 4. The summed E-state index contributed by atoms with van der Waals surface area (Å²) in [6, 6.07) is 5.55. The maximum Gasteiger partial charge on any atom is 0.243 e. The summed E-state index contributed by atoms with van der Waals surface area (Å²) in [6.07, 6.45) is 0.638. The molecule has 0 spiro atoms. The summed E-state index contributed by atoms with van der Waals surface area (Å²) in [5.74, 6) is 0.371. The molecule has 7 heteroatoms. The average Bonchev–Trinajstić information content (AvgIpc) is 2.46. The molecule has 0 amide bonds. The Hall–Kier alpha value is -1.13. The Bertz CT molecular complexity index is 697. The molecule has 120 valence electrons. The van der Waals surface area contributed by atoms with Gasteiger partial charge in [-0.3, -0.25) is 0 Å². The molecule has 0 aromatic heterocycles. The van der Waals surface area contributed by atoms with Crippen molar-refractivity contribution >= 4 is 21.6 Å². The number of benzene rings is 1. The molecular formula is C15H19ClN2O3S. The largest absolute Gasteiger partial charge is 0.392 e.